The Labute approximate surface area is 144 Å². The van der Waals surface area contributed by atoms with E-state index in [1.54, 1.807) is 48.5 Å². The van der Waals surface area contributed by atoms with Crippen molar-refractivity contribution in [3.8, 4) is 11.5 Å². The van der Waals surface area contributed by atoms with Crippen LogP contribution in [0.15, 0.2) is 65.3 Å². The van der Waals surface area contributed by atoms with Gasteiger partial charge in [0.15, 0.2) is 17.3 Å². The molecule has 0 radical (unpaired) electrons. The van der Waals surface area contributed by atoms with Crippen LogP contribution in [0.5, 0.6) is 11.5 Å². The maximum Gasteiger partial charge on any atom is 0.291 e. The van der Waals surface area contributed by atoms with Crippen molar-refractivity contribution >= 4 is 11.6 Å². The maximum absolute atomic E-state index is 13.6. The zero-order chi connectivity index (χ0) is 17.6. The first-order valence-electron chi connectivity index (χ1n) is 7.56. The highest BCUT2D eigenvalue weighted by atomic mass is 19.1. The van der Waals surface area contributed by atoms with Gasteiger partial charge < -0.3 is 19.2 Å². The Balaban J connectivity index is 1.57. The second-order valence-corrected chi connectivity index (χ2v) is 5.21. The highest BCUT2D eigenvalue weighted by Gasteiger charge is 2.08. The predicted octanol–water partition coefficient (Wildman–Crippen LogP) is 4.26. The van der Waals surface area contributed by atoms with Gasteiger partial charge in [0.25, 0.3) is 5.91 Å². The van der Waals surface area contributed by atoms with Gasteiger partial charge in [-0.25, -0.2) is 4.39 Å². The first-order chi connectivity index (χ1) is 12.2. The summed E-state index contributed by atoms with van der Waals surface area (Å²) in [7, 11) is 1.42. The van der Waals surface area contributed by atoms with Crippen molar-refractivity contribution in [3.63, 3.8) is 0 Å². The number of anilines is 1. The summed E-state index contributed by atoms with van der Waals surface area (Å²) in [6.07, 6.45) is 1.44. The average molecular weight is 341 g/mol. The number of carbonyl (C=O) groups excluding carboxylic acids is 1. The largest absolute Gasteiger partial charge is 0.494 e. The molecule has 3 aromatic rings. The molecule has 6 heteroatoms. The molecule has 2 aromatic carbocycles. The van der Waals surface area contributed by atoms with E-state index in [1.165, 1.54) is 19.4 Å². The molecule has 0 saturated heterocycles. The summed E-state index contributed by atoms with van der Waals surface area (Å²) < 4.78 is 29.2. The fraction of sp³-hybridized carbons (Fsp3) is 0.105. The first kappa shape index (κ1) is 16.6. The minimum absolute atomic E-state index is 0.195. The predicted molar refractivity (Wildman–Crippen MR) is 90.4 cm³/mol. The third-order valence-corrected chi connectivity index (χ3v) is 3.48. The van der Waals surface area contributed by atoms with Gasteiger partial charge >= 0.3 is 0 Å². The van der Waals surface area contributed by atoms with Crippen LogP contribution in [0.3, 0.4) is 0 Å². The smallest absolute Gasteiger partial charge is 0.291 e. The molecule has 0 aliphatic rings. The summed E-state index contributed by atoms with van der Waals surface area (Å²) in [4.78, 5) is 11.9. The third kappa shape index (κ3) is 4.17. The van der Waals surface area contributed by atoms with Crippen molar-refractivity contribution in [1.29, 1.82) is 0 Å². The van der Waals surface area contributed by atoms with Crippen LogP contribution in [-0.4, -0.2) is 13.0 Å². The van der Waals surface area contributed by atoms with E-state index in [9.17, 15) is 9.18 Å². The topological polar surface area (TPSA) is 60.7 Å². The molecule has 1 N–H and O–H groups in total. The molecule has 1 amide bonds. The Morgan fingerprint density at radius 1 is 1.16 bits per heavy atom. The monoisotopic (exact) mass is 341 g/mol. The van der Waals surface area contributed by atoms with E-state index >= 15 is 0 Å². The molecule has 3 rings (SSSR count). The molecule has 0 aliphatic heterocycles. The van der Waals surface area contributed by atoms with Gasteiger partial charge in [-0.1, -0.05) is 6.07 Å². The van der Waals surface area contributed by atoms with Crippen molar-refractivity contribution in [3.05, 3.63) is 78.0 Å². The number of furan rings is 1. The van der Waals surface area contributed by atoms with Crippen molar-refractivity contribution < 1.29 is 23.1 Å². The fourth-order valence-electron chi connectivity index (χ4n) is 2.20. The molecule has 0 unspecified atom stereocenters. The highest BCUT2D eigenvalue weighted by Crippen LogP contribution is 2.21. The van der Waals surface area contributed by atoms with Crippen molar-refractivity contribution in [2.75, 3.05) is 12.4 Å². The molecule has 0 saturated carbocycles. The van der Waals surface area contributed by atoms with E-state index in [4.69, 9.17) is 13.9 Å². The Hall–Kier alpha value is -3.28. The molecule has 25 heavy (non-hydrogen) atoms. The van der Waals surface area contributed by atoms with Gasteiger partial charge in [-0.05, 0) is 54.1 Å². The first-order valence-corrected chi connectivity index (χ1v) is 7.56. The molecule has 0 atom stereocenters. The standard InChI is InChI=1S/C19H16FNO4/c1-23-17-9-4-13(11-16(17)20)12-25-15-7-5-14(6-8-15)21-19(22)18-3-2-10-24-18/h2-11H,12H2,1H3,(H,21,22). The lowest BCUT2D eigenvalue weighted by Crippen LogP contribution is -2.10. The average Bonchev–Trinajstić information content (AvgIpc) is 3.16. The van der Waals surface area contributed by atoms with Crippen molar-refractivity contribution in [2.45, 2.75) is 6.61 Å². The molecule has 0 fully saturated rings. The van der Waals surface area contributed by atoms with E-state index < -0.39 is 5.82 Å². The maximum atomic E-state index is 13.6. The minimum atomic E-state index is -0.431. The zero-order valence-corrected chi connectivity index (χ0v) is 13.5. The van der Waals surface area contributed by atoms with Gasteiger partial charge in [0.2, 0.25) is 0 Å². The molecule has 1 aromatic heterocycles. The molecule has 0 bridgehead atoms. The second kappa shape index (κ2) is 7.53. The molecule has 0 aliphatic carbocycles. The molecule has 0 spiro atoms. The lowest BCUT2D eigenvalue weighted by molar-refractivity contribution is 0.0996. The minimum Gasteiger partial charge on any atom is -0.494 e. The molecule has 1 heterocycles. The van der Waals surface area contributed by atoms with Crippen LogP contribution in [-0.2, 0) is 6.61 Å². The molecule has 5 nitrogen and oxygen atoms in total. The van der Waals surface area contributed by atoms with Gasteiger partial charge in [-0.2, -0.15) is 0 Å². The van der Waals surface area contributed by atoms with Gasteiger partial charge in [0.1, 0.15) is 12.4 Å². The summed E-state index contributed by atoms with van der Waals surface area (Å²) in [6, 6.07) is 14.8. The van der Waals surface area contributed by atoms with E-state index in [1.807, 2.05) is 0 Å². The Morgan fingerprint density at radius 3 is 2.60 bits per heavy atom. The van der Waals surface area contributed by atoms with Crippen LogP contribution >= 0.6 is 0 Å². The number of hydrogen-bond donors (Lipinski definition) is 1. The summed E-state index contributed by atoms with van der Waals surface area (Å²) in [5, 5.41) is 2.71. The van der Waals surface area contributed by atoms with Gasteiger partial charge in [0, 0.05) is 5.69 Å². The molecular weight excluding hydrogens is 325 g/mol. The Kier molecular flexibility index (Phi) is 4.99. The van der Waals surface area contributed by atoms with Crippen molar-refractivity contribution in [1.82, 2.24) is 0 Å². The number of benzene rings is 2. The van der Waals surface area contributed by atoms with Gasteiger partial charge in [-0.3, -0.25) is 4.79 Å². The number of halogens is 1. The van der Waals surface area contributed by atoms with Crippen molar-refractivity contribution in [2.24, 2.45) is 0 Å². The van der Waals surface area contributed by atoms with Gasteiger partial charge in [0.05, 0.1) is 13.4 Å². The van der Waals surface area contributed by atoms with Crippen LogP contribution in [0, 0.1) is 5.82 Å². The number of nitrogens with one attached hydrogen (secondary N) is 1. The van der Waals surface area contributed by atoms with Crippen LogP contribution in [0.1, 0.15) is 16.1 Å². The number of amides is 1. The third-order valence-electron chi connectivity index (χ3n) is 3.48. The summed E-state index contributed by atoms with van der Waals surface area (Å²) in [6.45, 7) is 0.221. The highest BCUT2D eigenvalue weighted by molar-refractivity contribution is 6.02. The number of carbonyl (C=O) groups is 1. The lowest BCUT2D eigenvalue weighted by Gasteiger charge is -2.09. The number of ether oxygens (including phenoxy) is 2. The van der Waals surface area contributed by atoms with Crippen LogP contribution in [0.4, 0.5) is 10.1 Å². The number of rotatable bonds is 6. The quantitative estimate of drug-likeness (QED) is 0.728. The fourth-order valence-corrected chi connectivity index (χ4v) is 2.20. The Bertz CT molecular complexity index is 844. The van der Waals surface area contributed by atoms with E-state index in [-0.39, 0.29) is 24.0 Å². The second-order valence-electron chi connectivity index (χ2n) is 5.21. The molecular formula is C19H16FNO4. The summed E-state index contributed by atoms with van der Waals surface area (Å²) in [5.74, 6) is 0.279. The van der Waals surface area contributed by atoms with Crippen LogP contribution in [0.2, 0.25) is 0 Å². The summed E-state index contributed by atoms with van der Waals surface area (Å²) >= 11 is 0. The lowest BCUT2D eigenvalue weighted by atomic mass is 10.2. The number of hydrogen-bond acceptors (Lipinski definition) is 4. The Morgan fingerprint density at radius 2 is 1.96 bits per heavy atom. The molecule has 128 valence electrons. The number of methoxy groups -OCH3 is 1. The van der Waals surface area contributed by atoms with Crippen LogP contribution in [0.25, 0.3) is 0 Å². The zero-order valence-electron chi connectivity index (χ0n) is 13.5. The van der Waals surface area contributed by atoms with E-state index in [0.717, 1.165) is 0 Å². The SMILES string of the molecule is COc1ccc(COc2ccc(NC(=O)c3ccco3)cc2)cc1F. The van der Waals surface area contributed by atoms with E-state index in [2.05, 4.69) is 5.32 Å². The normalized spacial score (nSPS) is 10.3. The van der Waals surface area contributed by atoms with Gasteiger partial charge in [-0.15, -0.1) is 0 Å². The van der Waals surface area contributed by atoms with E-state index in [0.29, 0.717) is 17.0 Å². The van der Waals surface area contributed by atoms with Crippen LogP contribution < -0.4 is 14.8 Å². The summed E-state index contributed by atoms with van der Waals surface area (Å²) in [5.41, 5.74) is 1.30.